The highest BCUT2D eigenvalue weighted by Crippen LogP contribution is 2.30. The second-order valence-corrected chi connectivity index (χ2v) is 7.29. The van der Waals surface area contributed by atoms with Crippen LogP contribution in [0, 0.1) is 13.8 Å². The Balaban J connectivity index is 1.86. The number of nitrogens with zero attached hydrogens (tertiary/aromatic N) is 2. The molecular formula is C18H26N4O3. The van der Waals surface area contributed by atoms with E-state index in [4.69, 9.17) is 0 Å². The lowest BCUT2D eigenvalue weighted by Crippen LogP contribution is -2.62. The van der Waals surface area contributed by atoms with Crippen molar-refractivity contribution in [1.82, 2.24) is 20.1 Å². The first-order chi connectivity index (χ1) is 11.8. The number of aryl methyl sites for hydroxylation is 2. The molecule has 0 radical (unpaired) electrons. The van der Waals surface area contributed by atoms with Gasteiger partial charge in [-0.2, -0.15) is 0 Å². The van der Waals surface area contributed by atoms with E-state index >= 15 is 0 Å². The fourth-order valence-electron chi connectivity index (χ4n) is 3.83. The summed E-state index contributed by atoms with van der Waals surface area (Å²) in [4.78, 5) is 43.7. The third kappa shape index (κ3) is 3.33. The lowest BCUT2D eigenvalue weighted by Gasteiger charge is -2.49. The monoisotopic (exact) mass is 346 g/mol. The number of H-pyrrole nitrogens is 1. The lowest BCUT2D eigenvalue weighted by atomic mass is 9.86. The van der Waals surface area contributed by atoms with Crippen molar-refractivity contribution in [2.24, 2.45) is 0 Å². The van der Waals surface area contributed by atoms with Gasteiger partial charge in [-0.05, 0) is 45.4 Å². The topological polar surface area (TPSA) is 85.5 Å². The molecule has 136 valence electrons. The van der Waals surface area contributed by atoms with Gasteiger partial charge in [0.1, 0.15) is 5.56 Å². The number of carbonyl (C=O) groups excluding carboxylic acids is 2. The zero-order chi connectivity index (χ0) is 18.2. The zero-order valence-electron chi connectivity index (χ0n) is 15.1. The normalized spacial score (nSPS) is 24.9. The predicted octanol–water partition coefficient (Wildman–Crippen LogP) is 0.418. The van der Waals surface area contributed by atoms with Crippen molar-refractivity contribution in [3.63, 3.8) is 0 Å². The van der Waals surface area contributed by atoms with Crippen LogP contribution in [0.3, 0.4) is 0 Å². The van der Waals surface area contributed by atoms with Crippen molar-refractivity contribution in [3.8, 4) is 0 Å². The van der Waals surface area contributed by atoms with Crippen molar-refractivity contribution in [3.05, 3.63) is 33.2 Å². The summed E-state index contributed by atoms with van der Waals surface area (Å²) in [5.74, 6) is -0.153. The van der Waals surface area contributed by atoms with E-state index < -0.39 is 0 Å². The maximum absolute atomic E-state index is 13.0. The largest absolute Gasteiger partial charge is 0.356 e. The lowest BCUT2D eigenvalue weighted by molar-refractivity contribution is -0.121. The van der Waals surface area contributed by atoms with Crippen LogP contribution >= 0.6 is 0 Å². The van der Waals surface area contributed by atoms with Gasteiger partial charge in [0.05, 0.1) is 0 Å². The summed E-state index contributed by atoms with van der Waals surface area (Å²) in [7, 11) is 2.06. The van der Waals surface area contributed by atoms with Crippen LogP contribution in [0.4, 0.5) is 0 Å². The number of hydrogen-bond acceptors (Lipinski definition) is 4. The first-order valence-corrected chi connectivity index (χ1v) is 8.80. The number of hydrogen-bond donors (Lipinski definition) is 2. The van der Waals surface area contributed by atoms with Gasteiger partial charge >= 0.3 is 0 Å². The highest BCUT2D eigenvalue weighted by Gasteiger charge is 2.42. The average molecular weight is 346 g/mol. The van der Waals surface area contributed by atoms with E-state index in [1.54, 1.807) is 11.0 Å². The minimum Gasteiger partial charge on any atom is -0.356 e. The molecule has 2 aliphatic rings. The maximum Gasteiger partial charge on any atom is 0.261 e. The van der Waals surface area contributed by atoms with Gasteiger partial charge < -0.3 is 15.2 Å². The minimum absolute atomic E-state index is 0.0688. The molecule has 7 heteroatoms. The molecular weight excluding hydrogens is 320 g/mol. The van der Waals surface area contributed by atoms with Gasteiger partial charge in [0.2, 0.25) is 5.91 Å². The van der Waals surface area contributed by atoms with Crippen molar-refractivity contribution in [2.45, 2.75) is 38.6 Å². The van der Waals surface area contributed by atoms with Crippen LogP contribution in [0.5, 0.6) is 0 Å². The van der Waals surface area contributed by atoms with E-state index in [-0.39, 0.29) is 28.5 Å². The summed E-state index contributed by atoms with van der Waals surface area (Å²) in [6.07, 6.45) is 2.00. The van der Waals surface area contributed by atoms with E-state index in [0.717, 1.165) is 30.6 Å². The highest BCUT2D eigenvalue weighted by atomic mass is 16.2. The molecule has 0 aliphatic carbocycles. The Hall–Kier alpha value is -2.15. The molecule has 2 saturated heterocycles. The number of pyridine rings is 1. The molecule has 0 aromatic carbocycles. The number of piperazine rings is 1. The van der Waals surface area contributed by atoms with Gasteiger partial charge in [-0.15, -0.1) is 0 Å². The molecule has 0 bridgehead atoms. The summed E-state index contributed by atoms with van der Waals surface area (Å²) < 4.78 is 0. The second-order valence-electron chi connectivity index (χ2n) is 7.29. The third-order valence-corrected chi connectivity index (χ3v) is 5.75. The standard InChI is InChI=1S/C18H26N4O3/c1-12-10-14(16(24)20-13(12)2)17(25)22-9-8-21(3)18(11-22)5-4-15(23)19-7-6-18/h10H,4-9,11H2,1-3H3,(H,19,23)(H,20,24)/t18-/m1/s1. The number of carbonyl (C=O) groups is 2. The Morgan fingerprint density at radius 2 is 1.96 bits per heavy atom. The second kappa shape index (κ2) is 6.63. The molecule has 2 aliphatic heterocycles. The van der Waals surface area contributed by atoms with E-state index in [1.165, 1.54) is 0 Å². The van der Waals surface area contributed by atoms with Gasteiger partial charge in [0.25, 0.3) is 11.5 Å². The number of aromatic amines is 1. The molecule has 1 aromatic rings. The van der Waals surface area contributed by atoms with Crippen LogP contribution < -0.4 is 10.9 Å². The molecule has 2 N–H and O–H groups in total. The van der Waals surface area contributed by atoms with Gasteiger partial charge in [0.15, 0.2) is 0 Å². The smallest absolute Gasteiger partial charge is 0.261 e. The van der Waals surface area contributed by atoms with Crippen LogP contribution in [0.15, 0.2) is 10.9 Å². The van der Waals surface area contributed by atoms with Gasteiger partial charge in [-0.25, -0.2) is 0 Å². The summed E-state index contributed by atoms with van der Waals surface area (Å²) in [5, 5.41) is 2.91. The number of aromatic nitrogens is 1. The summed E-state index contributed by atoms with van der Waals surface area (Å²) in [6.45, 7) is 6.20. The number of nitrogens with one attached hydrogen (secondary N) is 2. The zero-order valence-corrected chi connectivity index (χ0v) is 15.1. The minimum atomic E-state index is -0.334. The molecule has 2 amide bonds. The Labute approximate surface area is 147 Å². The summed E-state index contributed by atoms with van der Waals surface area (Å²) >= 11 is 0. The number of likely N-dealkylation sites (N-methyl/N-ethyl adjacent to an activating group) is 1. The van der Waals surface area contributed by atoms with E-state index in [9.17, 15) is 14.4 Å². The van der Waals surface area contributed by atoms with Gasteiger partial charge in [0, 0.05) is 43.8 Å². The number of amides is 2. The molecule has 25 heavy (non-hydrogen) atoms. The van der Waals surface area contributed by atoms with Crippen molar-refractivity contribution in [1.29, 1.82) is 0 Å². The summed E-state index contributed by atoms with van der Waals surface area (Å²) in [6, 6.07) is 1.68. The van der Waals surface area contributed by atoms with Crippen molar-refractivity contribution < 1.29 is 9.59 Å². The quantitative estimate of drug-likeness (QED) is 0.772. The van der Waals surface area contributed by atoms with Crippen molar-refractivity contribution in [2.75, 3.05) is 33.2 Å². The predicted molar refractivity (Wildman–Crippen MR) is 94.7 cm³/mol. The van der Waals surface area contributed by atoms with Gasteiger partial charge in [-0.3, -0.25) is 19.3 Å². The SMILES string of the molecule is Cc1cc(C(=O)N2CCN(C)[C@]3(CCNC(=O)CC3)C2)c(=O)[nH]c1C. The Bertz CT molecular complexity index is 757. The van der Waals surface area contributed by atoms with Crippen LogP contribution in [-0.4, -0.2) is 65.4 Å². The summed E-state index contributed by atoms with van der Waals surface area (Å²) in [5.41, 5.74) is 1.34. The highest BCUT2D eigenvalue weighted by molar-refractivity contribution is 5.94. The molecule has 1 aromatic heterocycles. The fraction of sp³-hybridized carbons (Fsp3) is 0.611. The first-order valence-electron chi connectivity index (χ1n) is 8.80. The average Bonchev–Trinajstić information content (AvgIpc) is 2.76. The molecule has 3 rings (SSSR count). The van der Waals surface area contributed by atoms with E-state index in [2.05, 4.69) is 22.2 Å². The first kappa shape index (κ1) is 17.7. The van der Waals surface area contributed by atoms with Crippen LogP contribution in [0.1, 0.15) is 40.9 Å². The Morgan fingerprint density at radius 3 is 2.72 bits per heavy atom. The van der Waals surface area contributed by atoms with Crippen LogP contribution in [0.2, 0.25) is 0 Å². The molecule has 1 atom stereocenters. The van der Waals surface area contributed by atoms with Crippen molar-refractivity contribution >= 4 is 11.8 Å². The third-order valence-electron chi connectivity index (χ3n) is 5.75. The van der Waals surface area contributed by atoms with E-state index in [0.29, 0.717) is 26.1 Å². The molecule has 2 fully saturated rings. The Morgan fingerprint density at radius 1 is 1.20 bits per heavy atom. The maximum atomic E-state index is 13.0. The molecule has 0 unspecified atom stereocenters. The van der Waals surface area contributed by atoms with Gasteiger partial charge in [-0.1, -0.05) is 0 Å². The molecule has 1 spiro atoms. The van der Waals surface area contributed by atoms with E-state index in [1.807, 2.05) is 13.8 Å². The fourth-order valence-corrected chi connectivity index (χ4v) is 3.83. The molecule has 0 saturated carbocycles. The van der Waals surface area contributed by atoms with Crippen LogP contribution in [-0.2, 0) is 4.79 Å². The Kier molecular flexibility index (Phi) is 4.69. The molecule has 3 heterocycles. The number of rotatable bonds is 1. The van der Waals surface area contributed by atoms with Crippen LogP contribution in [0.25, 0.3) is 0 Å². The molecule has 7 nitrogen and oxygen atoms in total.